The summed E-state index contributed by atoms with van der Waals surface area (Å²) >= 11 is 0. The van der Waals surface area contributed by atoms with Gasteiger partial charge < -0.3 is 9.94 Å². The first-order valence-corrected chi connectivity index (χ1v) is 4.18. The first-order chi connectivity index (χ1) is 7.06. The summed E-state index contributed by atoms with van der Waals surface area (Å²) in [5, 5.41) is 8.63. The van der Waals surface area contributed by atoms with Gasteiger partial charge >= 0.3 is 11.7 Å². The molecule has 0 spiro atoms. The van der Waals surface area contributed by atoms with Gasteiger partial charge in [0, 0.05) is 19.2 Å². The van der Waals surface area contributed by atoms with Crippen molar-refractivity contribution >= 4 is 5.97 Å². The van der Waals surface area contributed by atoms with Gasteiger partial charge in [-0.3, -0.25) is 9.36 Å². The molecule has 7 nitrogen and oxygen atoms in total. The summed E-state index contributed by atoms with van der Waals surface area (Å²) in [7, 11) is 0. The molecule has 0 aliphatic heterocycles. The maximum atomic E-state index is 11.5. The highest BCUT2D eigenvalue weighted by atomic mass is 16.7. The van der Waals surface area contributed by atoms with Crippen LogP contribution < -0.4 is 16.1 Å². The van der Waals surface area contributed by atoms with Gasteiger partial charge in [0.15, 0.2) is 0 Å². The van der Waals surface area contributed by atoms with Crippen LogP contribution in [0.4, 0.5) is 0 Å². The van der Waals surface area contributed by atoms with Crippen molar-refractivity contribution in [1.29, 1.82) is 0 Å². The molecular weight excluding hydrogens is 204 g/mol. The first-order valence-electron chi connectivity index (χ1n) is 4.18. The molecule has 82 valence electrons. The van der Waals surface area contributed by atoms with Crippen molar-refractivity contribution in [3.05, 3.63) is 33.1 Å². The largest absolute Gasteiger partial charge is 0.395 e. The molecule has 0 saturated carbocycles. The Kier molecular flexibility index (Phi) is 3.40. The minimum absolute atomic E-state index is 0.0282. The summed E-state index contributed by atoms with van der Waals surface area (Å²) in [5.74, 6) is -0.768. The highest BCUT2D eigenvalue weighted by Crippen LogP contribution is 1.77. The van der Waals surface area contributed by atoms with Crippen LogP contribution in [0.2, 0.25) is 0 Å². The standard InChI is InChI=1S/C8H10N2O5/c1-6(12)15-10-7(13)2-3-9(4-5-11)8(10)14/h2-3,11H,4-5H2,1H3. The molecule has 7 heteroatoms. The van der Waals surface area contributed by atoms with E-state index in [4.69, 9.17) is 5.11 Å². The molecular formula is C8H10N2O5. The molecule has 1 rings (SSSR count). The van der Waals surface area contributed by atoms with E-state index in [2.05, 4.69) is 4.84 Å². The predicted molar refractivity (Wildman–Crippen MR) is 49.3 cm³/mol. The third-order valence-electron chi connectivity index (χ3n) is 1.58. The fourth-order valence-electron chi connectivity index (χ4n) is 0.987. The van der Waals surface area contributed by atoms with Gasteiger partial charge in [-0.05, 0) is 0 Å². The van der Waals surface area contributed by atoms with Gasteiger partial charge in [-0.1, -0.05) is 4.73 Å². The molecule has 0 amide bonds. The Labute approximate surface area is 84.1 Å². The lowest BCUT2D eigenvalue weighted by Crippen LogP contribution is -2.44. The van der Waals surface area contributed by atoms with Crippen molar-refractivity contribution in [2.24, 2.45) is 0 Å². The molecule has 0 saturated heterocycles. The molecule has 0 aromatic carbocycles. The van der Waals surface area contributed by atoms with Crippen LogP contribution in [-0.4, -0.2) is 27.0 Å². The maximum absolute atomic E-state index is 11.5. The number of hydrogen-bond acceptors (Lipinski definition) is 5. The number of carbonyl (C=O) groups is 1. The van der Waals surface area contributed by atoms with Crippen LogP contribution in [0, 0.1) is 0 Å². The van der Waals surface area contributed by atoms with Gasteiger partial charge in [0.05, 0.1) is 13.2 Å². The number of hydrogen-bond donors (Lipinski definition) is 1. The summed E-state index contributed by atoms with van der Waals surface area (Å²) < 4.78 is 1.41. The number of aliphatic hydroxyl groups excluding tert-OH is 1. The van der Waals surface area contributed by atoms with Crippen LogP contribution >= 0.6 is 0 Å². The average Bonchev–Trinajstić information content (AvgIpc) is 2.17. The second-order valence-electron chi connectivity index (χ2n) is 2.73. The van der Waals surface area contributed by atoms with Gasteiger partial charge in [-0.2, -0.15) is 0 Å². The minimum atomic E-state index is -0.799. The number of carbonyl (C=O) groups excluding carboxylic acids is 1. The number of nitrogens with zero attached hydrogens (tertiary/aromatic N) is 2. The lowest BCUT2D eigenvalue weighted by atomic mass is 10.6. The predicted octanol–water partition coefficient (Wildman–Crippen LogP) is -2.02. The molecule has 0 unspecified atom stereocenters. The van der Waals surface area contributed by atoms with Crippen molar-refractivity contribution in [3.63, 3.8) is 0 Å². The van der Waals surface area contributed by atoms with E-state index in [1.54, 1.807) is 0 Å². The average molecular weight is 214 g/mol. The summed E-state index contributed by atoms with van der Waals surface area (Å²) in [6.07, 6.45) is 1.22. The fraction of sp³-hybridized carbons (Fsp3) is 0.375. The van der Waals surface area contributed by atoms with Gasteiger partial charge in [0.25, 0.3) is 5.56 Å². The van der Waals surface area contributed by atoms with E-state index in [9.17, 15) is 14.4 Å². The highest BCUT2D eigenvalue weighted by Gasteiger charge is 2.07. The molecule has 1 aromatic heterocycles. The van der Waals surface area contributed by atoms with E-state index in [1.807, 2.05) is 0 Å². The third-order valence-corrected chi connectivity index (χ3v) is 1.58. The number of aromatic nitrogens is 2. The fourth-order valence-corrected chi connectivity index (χ4v) is 0.987. The molecule has 0 aliphatic carbocycles. The SMILES string of the molecule is CC(=O)On1c(=O)ccn(CCO)c1=O. The molecule has 0 radical (unpaired) electrons. The van der Waals surface area contributed by atoms with Crippen molar-refractivity contribution in [1.82, 2.24) is 9.30 Å². The quantitative estimate of drug-likeness (QED) is 0.627. The summed E-state index contributed by atoms with van der Waals surface area (Å²) in [6, 6.07) is 1.07. The van der Waals surface area contributed by atoms with Crippen LogP contribution in [0.1, 0.15) is 6.92 Å². The van der Waals surface area contributed by atoms with E-state index < -0.39 is 17.2 Å². The van der Waals surface area contributed by atoms with Crippen molar-refractivity contribution in [2.45, 2.75) is 13.5 Å². The monoisotopic (exact) mass is 214 g/mol. The minimum Gasteiger partial charge on any atom is -0.395 e. The van der Waals surface area contributed by atoms with Crippen LogP contribution in [-0.2, 0) is 11.3 Å². The molecule has 15 heavy (non-hydrogen) atoms. The molecule has 1 heterocycles. The third kappa shape index (κ3) is 2.53. The molecule has 0 aliphatic rings. The second-order valence-corrected chi connectivity index (χ2v) is 2.73. The van der Waals surface area contributed by atoms with Gasteiger partial charge in [-0.15, -0.1) is 0 Å². The number of rotatable bonds is 3. The smallest absolute Gasteiger partial charge is 0.365 e. The summed E-state index contributed by atoms with van der Waals surface area (Å²) in [4.78, 5) is 37.6. The summed E-state index contributed by atoms with van der Waals surface area (Å²) in [5.41, 5.74) is -1.53. The molecule has 1 aromatic rings. The number of aliphatic hydroxyl groups is 1. The Morgan fingerprint density at radius 3 is 2.73 bits per heavy atom. The molecule has 0 fully saturated rings. The molecule has 0 atom stereocenters. The normalized spacial score (nSPS) is 10.0. The second kappa shape index (κ2) is 4.56. The Balaban J connectivity index is 3.24. The topological polar surface area (TPSA) is 90.5 Å². The molecule has 1 N–H and O–H groups in total. The van der Waals surface area contributed by atoms with Crippen LogP contribution in [0.25, 0.3) is 0 Å². The zero-order valence-corrected chi connectivity index (χ0v) is 8.04. The highest BCUT2D eigenvalue weighted by molar-refractivity contribution is 5.66. The van der Waals surface area contributed by atoms with Crippen LogP contribution in [0.5, 0.6) is 0 Å². The summed E-state index contributed by atoms with van der Waals surface area (Å²) in [6.45, 7) is 0.855. The maximum Gasteiger partial charge on any atom is 0.365 e. The van der Waals surface area contributed by atoms with E-state index in [0.29, 0.717) is 4.73 Å². The Bertz CT molecular complexity index is 473. The van der Waals surface area contributed by atoms with Crippen LogP contribution in [0.3, 0.4) is 0 Å². The van der Waals surface area contributed by atoms with Gasteiger partial charge in [-0.25, -0.2) is 9.59 Å². The van der Waals surface area contributed by atoms with Gasteiger partial charge in [0.2, 0.25) is 0 Å². The zero-order chi connectivity index (χ0) is 11.4. The van der Waals surface area contributed by atoms with E-state index in [0.717, 1.165) is 17.6 Å². The van der Waals surface area contributed by atoms with Gasteiger partial charge in [0.1, 0.15) is 0 Å². The Morgan fingerprint density at radius 2 is 2.20 bits per heavy atom. The lowest BCUT2D eigenvalue weighted by molar-refractivity contribution is -0.142. The van der Waals surface area contributed by atoms with Crippen molar-refractivity contribution in [3.8, 4) is 0 Å². The molecule has 0 bridgehead atoms. The Hall–Kier alpha value is -1.89. The first kappa shape index (κ1) is 11.2. The zero-order valence-electron chi connectivity index (χ0n) is 8.04. The van der Waals surface area contributed by atoms with Crippen molar-refractivity contribution < 1.29 is 14.7 Å². The lowest BCUT2D eigenvalue weighted by Gasteiger charge is -2.06. The van der Waals surface area contributed by atoms with Crippen molar-refractivity contribution in [2.75, 3.05) is 6.61 Å². The Morgan fingerprint density at radius 1 is 1.53 bits per heavy atom. The van der Waals surface area contributed by atoms with E-state index in [1.165, 1.54) is 6.20 Å². The van der Waals surface area contributed by atoms with E-state index >= 15 is 0 Å². The van der Waals surface area contributed by atoms with Crippen LogP contribution in [0.15, 0.2) is 21.9 Å². The van der Waals surface area contributed by atoms with E-state index in [-0.39, 0.29) is 13.2 Å².